The molecular weight excluding hydrogens is 264 g/mol. The van der Waals surface area contributed by atoms with Crippen molar-refractivity contribution in [1.29, 1.82) is 0 Å². The molecule has 2 aliphatic carbocycles. The van der Waals surface area contributed by atoms with Crippen molar-refractivity contribution in [3.63, 3.8) is 0 Å². The lowest BCUT2D eigenvalue weighted by Crippen LogP contribution is -2.38. The van der Waals surface area contributed by atoms with E-state index in [1.165, 1.54) is 12.7 Å². The third kappa shape index (κ3) is 1.67. The van der Waals surface area contributed by atoms with Crippen LogP contribution in [0.2, 0.25) is 5.22 Å². The fourth-order valence-corrected chi connectivity index (χ4v) is 4.13. The summed E-state index contributed by atoms with van der Waals surface area (Å²) in [5, 5.41) is 0.109. The van der Waals surface area contributed by atoms with Crippen LogP contribution in [-0.2, 0) is 4.74 Å². The van der Waals surface area contributed by atoms with Gasteiger partial charge < -0.3 is 9.15 Å². The van der Waals surface area contributed by atoms with E-state index in [2.05, 4.69) is 20.8 Å². The molecule has 2 aliphatic rings. The van der Waals surface area contributed by atoms with Gasteiger partial charge in [0.05, 0.1) is 6.26 Å². The molecule has 3 rings (SSSR count). The van der Waals surface area contributed by atoms with Crippen LogP contribution in [0.25, 0.3) is 0 Å². The van der Waals surface area contributed by atoms with Crippen LogP contribution in [-0.4, -0.2) is 12.1 Å². The normalized spacial score (nSPS) is 35.6. The topological polar surface area (TPSA) is 39.4 Å². The molecule has 2 saturated carbocycles. The van der Waals surface area contributed by atoms with Crippen molar-refractivity contribution in [2.24, 2.45) is 16.7 Å². The Morgan fingerprint density at radius 3 is 2.68 bits per heavy atom. The highest BCUT2D eigenvalue weighted by Crippen LogP contribution is 2.66. The van der Waals surface area contributed by atoms with Gasteiger partial charge in [-0.3, -0.25) is 0 Å². The average molecular weight is 283 g/mol. The highest BCUT2D eigenvalue weighted by atomic mass is 35.5. The molecule has 0 aromatic carbocycles. The number of halogens is 1. The number of hydrogen-bond donors (Lipinski definition) is 0. The highest BCUT2D eigenvalue weighted by molar-refractivity contribution is 6.31. The number of fused-ring (bicyclic) bond motifs is 2. The summed E-state index contributed by atoms with van der Waals surface area (Å²) in [7, 11) is 0. The van der Waals surface area contributed by atoms with Crippen molar-refractivity contribution in [1.82, 2.24) is 0 Å². The van der Waals surface area contributed by atoms with Gasteiger partial charge in [-0.1, -0.05) is 20.8 Å². The molecule has 2 bridgehead atoms. The van der Waals surface area contributed by atoms with Gasteiger partial charge in [-0.15, -0.1) is 0 Å². The molecule has 1 aromatic rings. The van der Waals surface area contributed by atoms with Gasteiger partial charge in [-0.25, -0.2) is 4.79 Å². The van der Waals surface area contributed by atoms with Crippen LogP contribution >= 0.6 is 11.6 Å². The van der Waals surface area contributed by atoms with Gasteiger partial charge in [-0.05, 0) is 48.3 Å². The molecule has 4 heteroatoms. The van der Waals surface area contributed by atoms with E-state index >= 15 is 0 Å². The number of furan rings is 1. The Balaban J connectivity index is 1.79. The van der Waals surface area contributed by atoms with E-state index in [1.54, 1.807) is 6.07 Å². The van der Waals surface area contributed by atoms with Gasteiger partial charge in [0.2, 0.25) is 5.22 Å². The largest absolute Gasteiger partial charge is 0.458 e. The van der Waals surface area contributed by atoms with E-state index in [4.69, 9.17) is 20.8 Å². The zero-order valence-electron chi connectivity index (χ0n) is 11.5. The minimum atomic E-state index is -0.367. The maximum absolute atomic E-state index is 12.1. The second-order valence-corrected chi connectivity index (χ2v) is 6.96. The van der Waals surface area contributed by atoms with Crippen molar-refractivity contribution in [3.05, 3.63) is 23.1 Å². The number of carbonyl (C=O) groups excluding carboxylic acids is 1. The van der Waals surface area contributed by atoms with Crippen LogP contribution in [0.3, 0.4) is 0 Å². The lowest BCUT2D eigenvalue weighted by molar-refractivity contribution is -0.0242. The number of carbonyl (C=O) groups is 1. The highest BCUT2D eigenvalue weighted by Gasteiger charge is 2.62. The lowest BCUT2D eigenvalue weighted by atomic mass is 9.70. The first-order valence-electron chi connectivity index (χ1n) is 6.80. The van der Waals surface area contributed by atoms with Crippen molar-refractivity contribution in [2.45, 2.75) is 46.1 Å². The van der Waals surface area contributed by atoms with Crippen molar-refractivity contribution in [2.75, 3.05) is 0 Å². The van der Waals surface area contributed by atoms with E-state index < -0.39 is 0 Å². The smallest absolute Gasteiger partial charge is 0.343 e. The van der Waals surface area contributed by atoms with E-state index in [0.29, 0.717) is 11.5 Å². The van der Waals surface area contributed by atoms with Gasteiger partial charge in [0.25, 0.3) is 0 Å². The maximum Gasteiger partial charge on any atom is 0.343 e. The standard InChI is InChI=1S/C15H19ClO3/c1-14(2)9-4-6-15(14,3)11(8-9)19-13(17)10-5-7-18-12(10)16/h5,7,9,11H,4,6,8H2,1-3H3. The summed E-state index contributed by atoms with van der Waals surface area (Å²) in [6.07, 6.45) is 4.72. The van der Waals surface area contributed by atoms with E-state index in [-0.39, 0.29) is 28.1 Å². The minimum absolute atomic E-state index is 0.0142. The molecule has 1 heterocycles. The molecule has 3 atom stereocenters. The second kappa shape index (κ2) is 4.02. The summed E-state index contributed by atoms with van der Waals surface area (Å²) in [4.78, 5) is 12.1. The SMILES string of the molecule is CC1(C)C2CCC1(C)C(OC(=O)c1ccoc1Cl)C2. The third-order valence-electron chi connectivity index (χ3n) is 5.80. The summed E-state index contributed by atoms with van der Waals surface area (Å²) < 4.78 is 10.7. The van der Waals surface area contributed by atoms with Crippen LogP contribution in [0.1, 0.15) is 50.4 Å². The Labute approximate surface area is 118 Å². The van der Waals surface area contributed by atoms with Crippen molar-refractivity contribution in [3.8, 4) is 0 Å². The predicted molar refractivity (Wildman–Crippen MR) is 72.2 cm³/mol. The average Bonchev–Trinajstić information content (AvgIpc) is 2.90. The van der Waals surface area contributed by atoms with Crippen LogP contribution in [0.15, 0.2) is 16.7 Å². The van der Waals surface area contributed by atoms with E-state index in [0.717, 1.165) is 12.8 Å². The first-order valence-corrected chi connectivity index (χ1v) is 7.18. The number of ether oxygens (including phenoxy) is 1. The second-order valence-electron chi connectivity index (χ2n) is 6.61. The van der Waals surface area contributed by atoms with E-state index in [9.17, 15) is 4.79 Å². The van der Waals surface area contributed by atoms with Crippen LogP contribution in [0.5, 0.6) is 0 Å². The number of rotatable bonds is 2. The summed E-state index contributed by atoms with van der Waals surface area (Å²) >= 11 is 5.82. The molecule has 0 N–H and O–H groups in total. The third-order valence-corrected chi connectivity index (χ3v) is 6.09. The number of esters is 1. The summed E-state index contributed by atoms with van der Waals surface area (Å²) in [6, 6.07) is 1.56. The Bertz CT molecular complexity index is 519. The molecule has 19 heavy (non-hydrogen) atoms. The van der Waals surface area contributed by atoms with Crippen molar-refractivity contribution >= 4 is 17.6 Å². The molecule has 104 valence electrons. The van der Waals surface area contributed by atoms with Gasteiger partial charge in [0.15, 0.2) is 0 Å². The fourth-order valence-electron chi connectivity index (χ4n) is 3.94. The monoisotopic (exact) mass is 282 g/mol. The molecule has 0 spiro atoms. The maximum atomic E-state index is 12.1. The summed E-state index contributed by atoms with van der Waals surface area (Å²) in [6.45, 7) is 6.83. The summed E-state index contributed by atoms with van der Waals surface area (Å²) in [5.74, 6) is 0.281. The van der Waals surface area contributed by atoms with Gasteiger partial charge in [0, 0.05) is 5.41 Å². The number of hydrogen-bond acceptors (Lipinski definition) is 3. The molecular formula is C15H19ClO3. The lowest BCUT2D eigenvalue weighted by Gasteiger charge is -2.38. The van der Waals surface area contributed by atoms with Gasteiger partial charge in [-0.2, -0.15) is 0 Å². The Kier molecular flexibility index (Phi) is 2.76. The van der Waals surface area contributed by atoms with Gasteiger partial charge in [0.1, 0.15) is 11.7 Å². The first kappa shape index (κ1) is 13.0. The van der Waals surface area contributed by atoms with Crippen LogP contribution < -0.4 is 0 Å². The zero-order valence-corrected chi connectivity index (χ0v) is 12.3. The molecule has 3 unspecified atom stereocenters. The Morgan fingerprint density at radius 2 is 2.21 bits per heavy atom. The van der Waals surface area contributed by atoms with Crippen molar-refractivity contribution < 1.29 is 13.9 Å². The fraction of sp³-hybridized carbons (Fsp3) is 0.667. The Morgan fingerprint density at radius 1 is 1.47 bits per heavy atom. The predicted octanol–water partition coefficient (Wildman–Crippen LogP) is 4.30. The van der Waals surface area contributed by atoms with E-state index in [1.807, 2.05) is 0 Å². The summed E-state index contributed by atoms with van der Waals surface area (Å²) in [5.41, 5.74) is 0.632. The van der Waals surface area contributed by atoms with Crippen LogP contribution in [0, 0.1) is 16.7 Å². The molecule has 0 aliphatic heterocycles. The molecule has 3 nitrogen and oxygen atoms in total. The molecule has 0 saturated heterocycles. The van der Waals surface area contributed by atoms with Gasteiger partial charge >= 0.3 is 5.97 Å². The first-order chi connectivity index (χ1) is 8.86. The molecule has 1 aromatic heterocycles. The molecule has 0 amide bonds. The van der Waals surface area contributed by atoms with Crippen LogP contribution in [0.4, 0.5) is 0 Å². The quantitative estimate of drug-likeness (QED) is 0.759. The Hall–Kier alpha value is -0.960. The zero-order chi connectivity index (χ0) is 13.8. The molecule has 2 fully saturated rings. The minimum Gasteiger partial charge on any atom is -0.458 e. The molecule has 0 radical (unpaired) electrons.